The number of ether oxygens (including phenoxy) is 1. The molecule has 0 aliphatic carbocycles. The zero-order chi connectivity index (χ0) is 21.4. The van der Waals surface area contributed by atoms with Crippen molar-refractivity contribution in [1.29, 1.82) is 0 Å². The van der Waals surface area contributed by atoms with Crippen LogP contribution in [0.25, 0.3) is 11.1 Å². The quantitative estimate of drug-likeness (QED) is 0.628. The number of nitrogens with zero attached hydrogens (tertiary/aromatic N) is 2. The highest BCUT2D eigenvalue weighted by molar-refractivity contribution is 7.89. The minimum atomic E-state index is -4.84. The molecule has 0 amide bonds. The number of aromatic nitrogens is 1. The van der Waals surface area contributed by atoms with Gasteiger partial charge < -0.3 is 14.1 Å². The molecule has 30 heavy (non-hydrogen) atoms. The summed E-state index contributed by atoms with van der Waals surface area (Å²) in [5.74, 6) is -0.487. The van der Waals surface area contributed by atoms with Crippen LogP contribution in [0.1, 0.15) is 12.8 Å². The van der Waals surface area contributed by atoms with Crippen molar-refractivity contribution >= 4 is 27.1 Å². The summed E-state index contributed by atoms with van der Waals surface area (Å²) in [6, 6.07) is 11.7. The molecule has 1 atom stereocenters. The number of sulfonamides is 1. The maximum Gasteiger partial charge on any atom is 0.573 e. The van der Waals surface area contributed by atoms with Crippen molar-refractivity contribution < 1.29 is 30.7 Å². The fourth-order valence-corrected chi connectivity index (χ4v) is 4.47. The van der Waals surface area contributed by atoms with Crippen molar-refractivity contribution in [2.24, 2.45) is 0 Å². The summed E-state index contributed by atoms with van der Waals surface area (Å²) < 4.78 is 73.9. The van der Waals surface area contributed by atoms with E-state index in [0.717, 1.165) is 42.6 Å². The van der Waals surface area contributed by atoms with E-state index in [0.29, 0.717) is 18.1 Å². The average molecular weight is 441 g/mol. The van der Waals surface area contributed by atoms with Crippen LogP contribution in [0.15, 0.2) is 57.8 Å². The number of hydrogen-bond donors (Lipinski definition) is 1. The van der Waals surface area contributed by atoms with Crippen LogP contribution in [-0.4, -0.2) is 38.9 Å². The van der Waals surface area contributed by atoms with E-state index in [1.165, 1.54) is 0 Å². The van der Waals surface area contributed by atoms with E-state index in [9.17, 15) is 21.6 Å². The second-order valence-corrected chi connectivity index (χ2v) is 8.59. The molecule has 2 heterocycles. The number of para-hydroxylation sites is 2. The number of alkyl halides is 3. The van der Waals surface area contributed by atoms with Crippen molar-refractivity contribution in [1.82, 2.24) is 9.71 Å². The first-order chi connectivity index (χ1) is 14.2. The minimum Gasteiger partial charge on any atom is -0.423 e. The van der Waals surface area contributed by atoms with E-state index in [1.54, 1.807) is 0 Å². The first kappa shape index (κ1) is 20.5. The van der Waals surface area contributed by atoms with Crippen LogP contribution in [0.2, 0.25) is 0 Å². The molecule has 4 rings (SSSR count). The fourth-order valence-electron chi connectivity index (χ4n) is 3.39. The van der Waals surface area contributed by atoms with E-state index < -0.39 is 22.1 Å². The van der Waals surface area contributed by atoms with Gasteiger partial charge >= 0.3 is 6.36 Å². The predicted molar refractivity (Wildman–Crippen MR) is 103 cm³/mol. The van der Waals surface area contributed by atoms with Gasteiger partial charge in [-0.2, -0.15) is 4.98 Å². The Balaban J connectivity index is 1.43. The molecule has 11 heteroatoms. The van der Waals surface area contributed by atoms with E-state index in [2.05, 4.69) is 14.4 Å². The number of oxazole rings is 1. The van der Waals surface area contributed by atoms with Gasteiger partial charge in [-0.3, -0.25) is 0 Å². The van der Waals surface area contributed by atoms with Crippen molar-refractivity contribution in [2.75, 3.05) is 18.0 Å². The lowest BCUT2D eigenvalue weighted by Crippen LogP contribution is -2.40. The summed E-state index contributed by atoms with van der Waals surface area (Å²) >= 11 is 0. The molecular formula is C19H18F3N3O4S. The Morgan fingerprint density at radius 3 is 2.60 bits per heavy atom. The molecular weight excluding hydrogens is 423 g/mol. The maximum atomic E-state index is 12.5. The minimum absolute atomic E-state index is 0.113. The second kappa shape index (κ2) is 7.80. The summed E-state index contributed by atoms with van der Waals surface area (Å²) in [6.07, 6.45) is -3.23. The molecule has 1 saturated heterocycles. The number of rotatable bonds is 6. The molecule has 3 aromatic rings. The van der Waals surface area contributed by atoms with Crippen LogP contribution < -0.4 is 14.4 Å². The number of benzene rings is 2. The fraction of sp³-hybridized carbons (Fsp3) is 0.316. The second-order valence-electron chi connectivity index (χ2n) is 6.82. The molecule has 1 aliphatic heterocycles. The van der Waals surface area contributed by atoms with E-state index in [4.69, 9.17) is 4.42 Å². The zero-order valence-electron chi connectivity index (χ0n) is 15.6. The third-order valence-electron chi connectivity index (χ3n) is 4.78. The third-order valence-corrected chi connectivity index (χ3v) is 6.22. The SMILES string of the molecule is O=S(=O)(NCC1CCCN1c1nc2ccccc2o1)c1ccc(OC(F)(F)F)cc1. The average Bonchev–Trinajstić information content (AvgIpc) is 3.32. The van der Waals surface area contributed by atoms with Crippen molar-refractivity contribution in [3.63, 3.8) is 0 Å². The lowest BCUT2D eigenvalue weighted by atomic mass is 10.2. The monoisotopic (exact) mass is 441 g/mol. The highest BCUT2D eigenvalue weighted by Gasteiger charge is 2.32. The Labute approximate surface area is 170 Å². The first-order valence-electron chi connectivity index (χ1n) is 9.19. The zero-order valence-corrected chi connectivity index (χ0v) is 16.4. The van der Waals surface area contributed by atoms with Gasteiger partial charge in [-0.05, 0) is 49.2 Å². The Kier molecular flexibility index (Phi) is 5.33. The third kappa shape index (κ3) is 4.51. The van der Waals surface area contributed by atoms with Crippen LogP contribution in [-0.2, 0) is 10.0 Å². The molecule has 0 spiro atoms. The van der Waals surface area contributed by atoms with E-state index >= 15 is 0 Å². The molecule has 1 aromatic heterocycles. The Morgan fingerprint density at radius 2 is 1.90 bits per heavy atom. The smallest absolute Gasteiger partial charge is 0.423 e. The molecule has 0 bridgehead atoms. The highest BCUT2D eigenvalue weighted by atomic mass is 32.2. The van der Waals surface area contributed by atoms with Gasteiger partial charge in [-0.15, -0.1) is 13.2 Å². The summed E-state index contributed by atoms with van der Waals surface area (Å²) in [5.41, 5.74) is 1.37. The van der Waals surface area contributed by atoms with Gasteiger partial charge in [0.2, 0.25) is 10.0 Å². The number of fused-ring (bicyclic) bond motifs is 1. The van der Waals surface area contributed by atoms with E-state index in [1.807, 2.05) is 29.2 Å². The molecule has 160 valence electrons. The van der Waals surface area contributed by atoms with E-state index in [-0.39, 0.29) is 17.5 Å². The molecule has 0 saturated carbocycles. The molecule has 0 radical (unpaired) electrons. The molecule has 2 aromatic carbocycles. The van der Waals surface area contributed by atoms with Gasteiger partial charge in [0.05, 0.1) is 4.90 Å². The van der Waals surface area contributed by atoms with Gasteiger partial charge in [0.25, 0.3) is 6.01 Å². The number of anilines is 1. The van der Waals surface area contributed by atoms with Crippen LogP contribution in [0.4, 0.5) is 19.2 Å². The molecule has 1 aliphatic rings. The van der Waals surface area contributed by atoms with Crippen molar-refractivity contribution in [3.05, 3.63) is 48.5 Å². The van der Waals surface area contributed by atoms with Gasteiger partial charge in [0, 0.05) is 19.1 Å². The molecule has 1 fully saturated rings. The Hall–Kier alpha value is -2.79. The number of halogens is 3. The lowest BCUT2D eigenvalue weighted by molar-refractivity contribution is -0.274. The van der Waals surface area contributed by atoms with Crippen molar-refractivity contribution in [2.45, 2.75) is 30.1 Å². The maximum absolute atomic E-state index is 12.5. The van der Waals surface area contributed by atoms with Gasteiger partial charge in [-0.25, -0.2) is 13.1 Å². The topological polar surface area (TPSA) is 84.7 Å². The summed E-state index contributed by atoms with van der Waals surface area (Å²) in [6.45, 7) is 0.796. The standard InChI is InChI=1S/C19H18F3N3O4S/c20-19(21,22)29-14-7-9-15(10-8-14)30(26,27)23-12-13-4-3-11-25(13)18-24-16-5-1-2-6-17(16)28-18/h1-2,5-10,13,23H,3-4,11-12H2. The largest absolute Gasteiger partial charge is 0.573 e. The molecule has 7 nitrogen and oxygen atoms in total. The van der Waals surface area contributed by atoms with Crippen LogP contribution in [0.3, 0.4) is 0 Å². The first-order valence-corrected chi connectivity index (χ1v) is 10.7. The normalized spacial score (nSPS) is 17.6. The van der Waals surface area contributed by atoms with Crippen molar-refractivity contribution in [3.8, 4) is 5.75 Å². The van der Waals surface area contributed by atoms with Crippen LogP contribution in [0.5, 0.6) is 5.75 Å². The summed E-state index contributed by atoms with van der Waals surface area (Å²) in [7, 11) is -3.90. The summed E-state index contributed by atoms with van der Waals surface area (Å²) in [5, 5.41) is 0. The van der Waals surface area contributed by atoms with Gasteiger partial charge in [0.1, 0.15) is 11.3 Å². The number of hydrogen-bond acceptors (Lipinski definition) is 6. The van der Waals surface area contributed by atoms with Crippen LogP contribution >= 0.6 is 0 Å². The Bertz CT molecular complexity index is 1100. The summed E-state index contributed by atoms with van der Waals surface area (Å²) in [4.78, 5) is 6.23. The Morgan fingerprint density at radius 1 is 1.17 bits per heavy atom. The van der Waals surface area contributed by atoms with Gasteiger partial charge in [0.15, 0.2) is 5.58 Å². The number of nitrogens with one attached hydrogen (secondary N) is 1. The highest BCUT2D eigenvalue weighted by Crippen LogP contribution is 2.28. The lowest BCUT2D eigenvalue weighted by Gasteiger charge is -2.23. The van der Waals surface area contributed by atoms with Gasteiger partial charge in [-0.1, -0.05) is 12.1 Å². The van der Waals surface area contributed by atoms with Crippen LogP contribution in [0, 0.1) is 0 Å². The molecule has 1 N–H and O–H groups in total. The predicted octanol–water partition coefficient (Wildman–Crippen LogP) is 3.67. The molecule has 1 unspecified atom stereocenters.